The molecule has 2 N–H and O–H groups in total. The molecule has 6 heteroatoms. The first-order chi connectivity index (χ1) is 7.66. The number of nitrogen functional groups attached to an aromatic ring is 1. The number of nitrogens with zero attached hydrogens (tertiary/aromatic N) is 3. The van der Waals surface area contributed by atoms with Crippen LogP contribution in [0.4, 0.5) is 5.95 Å². The summed E-state index contributed by atoms with van der Waals surface area (Å²) in [4.78, 5) is 0. The Morgan fingerprint density at radius 2 is 2.12 bits per heavy atom. The Balaban J connectivity index is 2.41. The van der Waals surface area contributed by atoms with Crippen molar-refractivity contribution < 1.29 is 4.74 Å². The Labute approximate surface area is 101 Å². The standard InChI is InChI=1S/C10H20N4OS/c1-4-5-15-6-7-16-10-13-12-9(11)14(10)8(2)3/h8H,4-7H2,1-3H3,(H2,11,12). The van der Waals surface area contributed by atoms with E-state index in [0.29, 0.717) is 5.95 Å². The van der Waals surface area contributed by atoms with Gasteiger partial charge in [-0.2, -0.15) is 0 Å². The Hall–Kier alpha value is -0.750. The van der Waals surface area contributed by atoms with Gasteiger partial charge in [0.25, 0.3) is 0 Å². The van der Waals surface area contributed by atoms with Crippen molar-refractivity contribution in [1.82, 2.24) is 14.8 Å². The zero-order chi connectivity index (χ0) is 12.0. The van der Waals surface area contributed by atoms with Crippen molar-refractivity contribution in [3.63, 3.8) is 0 Å². The average Bonchev–Trinajstić information content (AvgIpc) is 2.59. The molecule has 1 aromatic heterocycles. The molecule has 1 heterocycles. The van der Waals surface area contributed by atoms with Gasteiger partial charge in [-0.05, 0) is 20.3 Å². The minimum atomic E-state index is 0.286. The highest BCUT2D eigenvalue weighted by Gasteiger charge is 2.12. The molecule has 0 spiro atoms. The van der Waals surface area contributed by atoms with Crippen molar-refractivity contribution in [3.8, 4) is 0 Å². The van der Waals surface area contributed by atoms with Gasteiger partial charge in [-0.25, -0.2) is 0 Å². The lowest BCUT2D eigenvalue weighted by atomic mass is 10.4. The molecule has 0 saturated carbocycles. The van der Waals surface area contributed by atoms with Crippen LogP contribution in [0.15, 0.2) is 5.16 Å². The van der Waals surface area contributed by atoms with Gasteiger partial charge in [0.15, 0.2) is 5.16 Å². The molecule has 1 aromatic rings. The van der Waals surface area contributed by atoms with Gasteiger partial charge in [0.05, 0.1) is 6.61 Å². The van der Waals surface area contributed by atoms with Crippen LogP contribution in [-0.2, 0) is 4.74 Å². The monoisotopic (exact) mass is 244 g/mol. The van der Waals surface area contributed by atoms with Crippen LogP contribution in [0.1, 0.15) is 33.2 Å². The Morgan fingerprint density at radius 3 is 2.75 bits per heavy atom. The zero-order valence-electron chi connectivity index (χ0n) is 10.1. The summed E-state index contributed by atoms with van der Waals surface area (Å²) in [6, 6.07) is 0.286. The molecule has 0 aliphatic carbocycles. The quantitative estimate of drug-likeness (QED) is 0.586. The number of hydrogen-bond donors (Lipinski definition) is 1. The second-order valence-electron chi connectivity index (χ2n) is 3.77. The summed E-state index contributed by atoms with van der Waals surface area (Å²) in [5, 5.41) is 8.80. The maximum absolute atomic E-state index is 5.74. The minimum Gasteiger partial charge on any atom is -0.381 e. The molecule has 16 heavy (non-hydrogen) atoms. The first kappa shape index (κ1) is 13.3. The third-order valence-electron chi connectivity index (χ3n) is 2.01. The normalized spacial score (nSPS) is 11.2. The van der Waals surface area contributed by atoms with E-state index in [4.69, 9.17) is 10.5 Å². The molecule has 5 nitrogen and oxygen atoms in total. The third-order valence-corrected chi connectivity index (χ3v) is 2.92. The molecule has 0 unspecified atom stereocenters. The van der Waals surface area contributed by atoms with E-state index in [1.807, 2.05) is 4.57 Å². The first-order valence-electron chi connectivity index (χ1n) is 5.57. The lowest BCUT2D eigenvalue weighted by molar-refractivity contribution is 0.150. The number of rotatable bonds is 7. The number of ether oxygens (including phenoxy) is 1. The Morgan fingerprint density at radius 1 is 1.38 bits per heavy atom. The zero-order valence-corrected chi connectivity index (χ0v) is 11.0. The van der Waals surface area contributed by atoms with E-state index in [1.54, 1.807) is 11.8 Å². The minimum absolute atomic E-state index is 0.286. The predicted octanol–water partition coefficient (Wildman–Crippen LogP) is 1.96. The summed E-state index contributed by atoms with van der Waals surface area (Å²) < 4.78 is 7.34. The molecule has 0 aliphatic heterocycles. The van der Waals surface area contributed by atoms with Gasteiger partial charge in [0.2, 0.25) is 5.95 Å². The molecule has 0 aliphatic rings. The lowest BCUT2D eigenvalue weighted by Gasteiger charge is -2.11. The summed E-state index contributed by atoms with van der Waals surface area (Å²) in [5.41, 5.74) is 5.74. The van der Waals surface area contributed by atoms with Crippen LogP contribution in [-0.4, -0.2) is 33.7 Å². The van der Waals surface area contributed by atoms with Gasteiger partial charge in [-0.15, -0.1) is 10.2 Å². The summed E-state index contributed by atoms with van der Waals surface area (Å²) in [6.07, 6.45) is 1.06. The van der Waals surface area contributed by atoms with Crippen molar-refractivity contribution >= 4 is 17.7 Å². The summed E-state index contributed by atoms with van der Waals surface area (Å²) in [6.45, 7) is 7.79. The maximum Gasteiger partial charge on any atom is 0.222 e. The predicted molar refractivity (Wildman–Crippen MR) is 66.7 cm³/mol. The molecule has 0 radical (unpaired) electrons. The average molecular weight is 244 g/mol. The first-order valence-corrected chi connectivity index (χ1v) is 6.56. The molecule has 0 saturated heterocycles. The van der Waals surface area contributed by atoms with E-state index in [0.717, 1.165) is 30.5 Å². The lowest BCUT2D eigenvalue weighted by Crippen LogP contribution is -2.07. The van der Waals surface area contributed by atoms with Crippen molar-refractivity contribution in [2.45, 2.75) is 38.4 Å². The number of thioether (sulfide) groups is 1. The van der Waals surface area contributed by atoms with Gasteiger partial charge in [0.1, 0.15) is 0 Å². The van der Waals surface area contributed by atoms with E-state index in [-0.39, 0.29) is 6.04 Å². The molecule has 0 fully saturated rings. The number of aromatic nitrogens is 3. The van der Waals surface area contributed by atoms with E-state index in [2.05, 4.69) is 31.0 Å². The molecule has 0 bridgehead atoms. The second kappa shape index (κ2) is 6.75. The molecular weight excluding hydrogens is 224 g/mol. The van der Waals surface area contributed by atoms with E-state index in [1.165, 1.54) is 0 Å². The fourth-order valence-corrected chi connectivity index (χ4v) is 2.24. The maximum atomic E-state index is 5.74. The number of hydrogen-bond acceptors (Lipinski definition) is 5. The van der Waals surface area contributed by atoms with Crippen LogP contribution in [0.5, 0.6) is 0 Å². The van der Waals surface area contributed by atoms with E-state index in [9.17, 15) is 0 Å². The molecule has 0 aromatic carbocycles. The third kappa shape index (κ3) is 3.68. The fourth-order valence-electron chi connectivity index (χ4n) is 1.31. The van der Waals surface area contributed by atoms with Crippen LogP contribution in [0, 0.1) is 0 Å². The Kier molecular flexibility index (Phi) is 5.62. The highest BCUT2D eigenvalue weighted by atomic mass is 32.2. The molecular formula is C10H20N4OS. The van der Waals surface area contributed by atoms with Crippen molar-refractivity contribution in [2.24, 2.45) is 0 Å². The van der Waals surface area contributed by atoms with Crippen molar-refractivity contribution in [3.05, 3.63) is 0 Å². The van der Waals surface area contributed by atoms with E-state index < -0.39 is 0 Å². The largest absolute Gasteiger partial charge is 0.381 e. The van der Waals surface area contributed by atoms with Crippen LogP contribution in [0.2, 0.25) is 0 Å². The molecule has 1 rings (SSSR count). The Bertz CT molecular complexity index is 314. The van der Waals surface area contributed by atoms with Gasteiger partial charge < -0.3 is 10.5 Å². The summed E-state index contributed by atoms with van der Waals surface area (Å²) in [7, 11) is 0. The van der Waals surface area contributed by atoms with Gasteiger partial charge in [-0.3, -0.25) is 4.57 Å². The second-order valence-corrected chi connectivity index (χ2v) is 4.83. The van der Waals surface area contributed by atoms with Crippen LogP contribution < -0.4 is 5.73 Å². The molecule has 0 atom stereocenters. The van der Waals surface area contributed by atoms with Crippen LogP contribution in [0.3, 0.4) is 0 Å². The SMILES string of the molecule is CCCOCCSc1nnc(N)n1C(C)C. The fraction of sp³-hybridized carbons (Fsp3) is 0.800. The summed E-state index contributed by atoms with van der Waals surface area (Å²) >= 11 is 1.63. The highest BCUT2D eigenvalue weighted by Crippen LogP contribution is 2.22. The number of nitrogens with two attached hydrogens (primary N) is 1. The highest BCUT2D eigenvalue weighted by molar-refractivity contribution is 7.99. The molecule has 0 amide bonds. The van der Waals surface area contributed by atoms with E-state index >= 15 is 0 Å². The smallest absolute Gasteiger partial charge is 0.222 e. The van der Waals surface area contributed by atoms with Crippen LogP contribution in [0.25, 0.3) is 0 Å². The number of anilines is 1. The van der Waals surface area contributed by atoms with Gasteiger partial charge in [-0.1, -0.05) is 18.7 Å². The van der Waals surface area contributed by atoms with Crippen LogP contribution >= 0.6 is 11.8 Å². The topological polar surface area (TPSA) is 66.0 Å². The molecule has 92 valence electrons. The van der Waals surface area contributed by atoms with Gasteiger partial charge >= 0.3 is 0 Å². The van der Waals surface area contributed by atoms with Gasteiger partial charge in [0, 0.05) is 18.4 Å². The van der Waals surface area contributed by atoms with Crippen molar-refractivity contribution in [2.75, 3.05) is 24.7 Å². The van der Waals surface area contributed by atoms with Crippen molar-refractivity contribution in [1.29, 1.82) is 0 Å². The summed E-state index contributed by atoms with van der Waals surface area (Å²) in [5.74, 6) is 1.36.